The molecule has 1 amide bonds. The molecule has 0 unspecified atom stereocenters. The minimum absolute atomic E-state index is 0.0411. The van der Waals surface area contributed by atoms with E-state index in [1.807, 2.05) is 19.0 Å². The number of nitrogens with zero attached hydrogens (tertiary/aromatic N) is 1. The van der Waals surface area contributed by atoms with Crippen LogP contribution in [0.5, 0.6) is 0 Å². The van der Waals surface area contributed by atoms with Crippen LogP contribution in [0.3, 0.4) is 0 Å². The van der Waals surface area contributed by atoms with Crippen LogP contribution in [0.25, 0.3) is 0 Å². The highest BCUT2D eigenvalue weighted by Gasteiger charge is 2.22. The number of amides is 1. The number of likely N-dealkylation sites (N-methyl/N-ethyl adjacent to an activating group) is 1. The third-order valence-corrected chi connectivity index (χ3v) is 2.08. The molecule has 0 spiro atoms. The first kappa shape index (κ1) is 10.5. The molecule has 1 fully saturated rings. The van der Waals surface area contributed by atoms with Gasteiger partial charge in [0.15, 0.2) is 0 Å². The van der Waals surface area contributed by atoms with E-state index in [4.69, 9.17) is 4.74 Å². The van der Waals surface area contributed by atoms with E-state index in [-0.39, 0.29) is 12.0 Å². The molecule has 0 saturated carbocycles. The van der Waals surface area contributed by atoms with Crippen LogP contribution in [0, 0.1) is 0 Å². The molecule has 0 aromatic heterocycles. The maximum absolute atomic E-state index is 11.4. The van der Waals surface area contributed by atoms with Gasteiger partial charge in [-0.05, 0) is 26.9 Å². The van der Waals surface area contributed by atoms with E-state index < -0.39 is 0 Å². The number of nitrogens with one attached hydrogen (secondary N) is 1. The minimum atomic E-state index is -0.192. The fourth-order valence-electron chi connectivity index (χ4n) is 1.30. The van der Waals surface area contributed by atoms with E-state index in [1.54, 1.807) is 0 Å². The summed E-state index contributed by atoms with van der Waals surface area (Å²) in [7, 11) is 3.97. The molecule has 76 valence electrons. The summed E-state index contributed by atoms with van der Waals surface area (Å²) >= 11 is 0. The zero-order chi connectivity index (χ0) is 9.68. The van der Waals surface area contributed by atoms with Crippen LogP contribution in [0.4, 0.5) is 0 Å². The monoisotopic (exact) mass is 186 g/mol. The second kappa shape index (κ2) is 5.19. The summed E-state index contributed by atoms with van der Waals surface area (Å²) < 4.78 is 5.25. The van der Waals surface area contributed by atoms with E-state index in [0.717, 1.165) is 26.0 Å². The first-order valence-electron chi connectivity index (χ1n) is 4.74. The van der Waals surface area contributed by atoms with Crippen molar-refractivity contribution in [1.29, 1.82) is 0 Å². The number of ether oxygens (including phenoxy) is 1. The van der Waals surface area contributed by atoms with Gasteiger partial charge in [0, 0.05) is 19.7 Å². The van der Waals surface area contributed by atoms with Crippen molar-refractivity contribution in [2.45, 2.75) is 18.9 Å². The van der Waals surface area contributed by atoms with Crippen molar-refractivity contribution in [3.05, 3.63) is 0 Å². The Morgan fingerprint density at radius 3 is 2.92 bits per heavy atom. The highest BCUT2D eigenvalue weighted by molar-refractivity contribution is 5.80. The molecule has 0 aliphatic carbocycles. The van der Waals surface area contributed by atoms with Gasteiger partial charge in [-0.3, -0.25) is 4.79 Å². The quantitative estimate of drug-likeness (QED) is 0.663. The summed E-state index contributed by atoms with van der Waals surface area (Å²) in [5, 5.41) is 2.85. The van der Waals surface area contributed by atoms with Crippen LogP contribution in [0.2, 0.25) is 0 Å². The first-order chi connectivity index (χ1) is 6.20. The van der Waals surface area contributed by atoms with Gasteiger partial charge in [0.1, 0.15) is 6.10 Å². The molecule has 0 aromatic rings. The Kier molecular flexibility index (Phi) is 4.18. The number of rotatable bonds is 4. The topological polar surface area (TPSA) is 41.6 Å². The Labute approximate surface area is 79.2 Å². The van der Waals surface area contributed by atoms with Gasteiger partial charge in [0.25, 0.3) is 0 Å². The smallest absolute Gasteiger partial charge is 0.249 e. The molecular formula is C9H18N2O2. The fraction of sp³-hybridized carbons (Fsp3) is 0.889. The molecule has 13 heavy (non-hydrogen) atoms. The van der Waals surface area contributed by atoms with E-state index in [0.29, 0.717) is 6.54 Å². The third kappa shape index (κ3) is 3.74. The Bertz CT molecular complexity index is 165. The SMILES string of the molecule is CN(C)CCNC(=O)[C@H]1CCCO1. The Morgan fingerprint density at radius 2 is 2.38 bits per heavy atom. The first-order valence-corrected chi connectivity index (χ1v) is 4.74. The van der Waals surface area contributed by atoms with Gasteiger partial charge >= 0.3 is 0 Å². The molecule has 1 heterocycles. The van der Waals surface area contributed by atoms with Crippen LogP contribution in [-0.4, -0.2) is 50.7 Å². The molecule has 4 nitrogen and oxygen atoms in total. The van der Waals surface area contributed by atoms with Gasteiger partial charge in [-0.25, -0.2) is 0 Å². The van der Waals surface area contributed by atoms with E-state index in [2.05, 4.69) is 5.32 Å². The molecule has 1 aliphatic rings. The molecule has 1 N–H and O–H groups in total. The Hall–Kier alpha value is -0.610. The van der Waals surface area contributed by atoms with Gasteiger partial charge in [0.2, 0.25) is 5.91 Å². The molecule has 1 atom stereocenters. The molecule has 0 bridgehead atoms. The van der Waals surface area contributed by atoms with E-state index in [1.165, 1.54) is 0 Å². The molecule has 1 aliphatic heterocycles. The zero-order valence-electron chi connectivity index (χ0n) is 8.38. The number of hydrogen-bond donors (Lipinski definition) is 1. The second-order valence-corrected chi connectivity index (χ2v) is 3.60. The maximum Gasteiger partial charge on any atom is 0.249 e. The summed E-state index contributed by atoms with van der Waals surface area (Å²) in [5.41, 5.74) is 0. The van der Waals surface area contributed by atoms with Crippen LogP contribution < -0.4 is 5.32 Å². The Morgan fingerprint density at radius 1 is 1.62 bits per heavy atom. The predicted molar refractivity (Wildman–Crippen MR) is 50.5 cm³/mol. The van der Waals surface area contributed by atoms with Crippen molar-refractivity contribution >= 4 is 5.91 Å². The lowest BCUT2D eigenvalue weighted by atomic mass is 10.2. The van der Waals surface area contributed by atoms with Gasteiger partial charge in [0.05, 0.1) is 0 Å². The van der Waals surface area contributed by atoms with E-state index >= 15 is 0 Å². The fourth-order valence-corrected chi connectivity index (χ4v) is 1.30. The minimum Gasteiger partial charge on any atom is -0.368 e. The van der Waals surface area contributed by atoms with Crippen LogP contribution >= 0.6 is 0 Å². The van der Waals surface area contributed by atoms with Crippen LogP contribution in [0.15, 0.2) is 0 Å². The van der Waals surface area contributed by atoms with Crippen molar-refractivity contribution in [3.63, 3.8) is 0 Å². The summed E-state index contributed by atoms with van der Waals surface area (Å²) in [6.45, 7) is 2.30. The lowest BCUT2D eigenvalue weighted by Gasteiger charge is -2.12. The van der Waals surface area contributed by atoms with Crippen molar-refractivity contribution in [2.75, 3.05) is 33.8 Å². The van der Waals surface area contributed by atoms with Gasteiger partial charge < -0.3 is 15.0 Å². The Balaban J connectivity index is 2.10. The summed E-state index contributed by atoms with van der Waals surface area (Å²) in [4.78, 5) is 13.4. The molecule has 0 aromatic carbocycles. The number of carbonyl (C=O) groups is 1. The lowest BCUT2D eigenvalue weighted by molar-refractivity contribution is -0.130. The highest BCUT2D eigenvalue weighted by atomic mass is 16.5. The van der Waals surface area contributed by atoms with Crippen molar-refractivity contribution < 1.29 is 9.53 Å². The normalized spacial score (nSPS) is 22.2. The van der Waals surface area contributed by atoms with Crippen molar-refractivity contribution in [3.8, 4) is 0 Å². The largest absolute Gasteiger partial charge is 0.368 e. The van der Waals surface area contributed by atoms with E-state index in [9.17, 15) is 4.79 Å². The van der Waals surface area contributed by atoms with Gasteiger partial charge in [-0.2, -0.15) is 0 Å². The van der Waals surface area contributed by atoms with Gasteiger partial charge in [-0.15, -0.1) is 0 Å². The second-order valence-electron chi connectivity index (χ2n) is 3.60. The average Bonchev–Trinajstić information content (AvgIpc) is 2.55. The molecule has 4 heteroatoms. The molecule has 0 radical (unpaired) electrons. The van der Waals surface area contributed by atoms with Gasteiger partial charge in [-0.1, -0.05) is 0 Å². The molecule has 1 rings (SSSR count). The molecule has 1 saturated heterocycles. The lowest BCUT2D eigenvalue weighted by Crippen LogP contribution is -2.37. The van der Waals surface area contributed by atoms with Crippen molar-refractivity contribution in [1.82, 2.24) is 10.2 Å². The number of hydrogen-bond acceptors (Lipinski definition) is 3. The number of carbonyl (C=O) groups excluding carboxylic acids is 1. The summed E-state index contributed by atoms with van der Waals surface area (Å²) in [6.07, 6.45) is 1.68. The predicted octanol–water partition coefficient (Wildman–Crippen LogP) is -0.157. The third-order valence-electron chi connectivity index (χ3n) is 2.08. The van der Waals surface area contributed by atoms with Crippen molar-refractivity contribution in [2.24, 2.45) is 0 Å². The highest BCUT2D eigenvalue weighted by Crippen LogP contribution is 2.11. The average molecular weight is 186 g/mol. The molecular weight excluding hydrogens is 168 g/mol. The van der Waals surface area contributed by atoms with Crippen LogP contribution in [0.1, 0.15) is 12.8 Å². The summed E-state index contributed by atoms with van der Waals surface area (Å²) in [5.74, 6) is 0.0411. The maximum atomic E-state index is 11.4. The van der Waals surface area contributed by atoms with Crippen LogP contribution in [-0.2, 0) is 9.53 Å². The standard InChI is InChI=1S/C9H18N2O2/c1-11(2)6-5-10-9(12)8-4-3-7-13-8/h8H,3-7H2,1-2H3,(H,10,12)/t8-/m1/s1. The summed E-state index contributed by atoms with van der Waals surface area (Å²) in [6, 6.07) is 0. The zero-order valence-corrected chi connectivity index (χ0v) is 8.38.